The number of benzene rings is 1. The molecule has 1 unspecified atom stereocenters. The largest absolute Gasteiger partial charge is 0.465 e. The molecule has 1 aromatic carbocycles. The average Bonchev–Trinajstić information content (AvgIpc) is 2.91. The number of hydrogen-bond acceptors (Lipinski definition) is 9. The van der Waals surface area contributed by atoms with Gasteiger partial charge < -0.3 is 24.6 Å². The number of esters is 1. The van der Waals surface area contributed by atoms with Crippen LogP contribution in [-0.4, -0.2) is 83.3 Å². The van der Waals surface area contributed by atoms with Crippen molar-refractivity contribution in [3.8, 4) is 11.3 Å². The van der Waals surface area contributed by atoms with E-state index in [1.807, 2.05) is 24.3 Å². The Labute approximate surface area is 238 Å². The molecule has 0 saturated carbocycles. The Hall–Kier alpha value is -4.09. The predicted molar refractivity (Wildman–Crippen MR) is 152 cm³/mol. The van der Waals surface area contributed by atoms with Gasteiger partial charge >= 0.3 is 12.1 Å². The van der Waals surface area contributed by atoms with Gasteiger partial charge in [-0.25, -0.2) is 23.5 Å². The second kappa shape index (κ2) is 12.2. The fourth-order valence-electron chi connectivity index (χ4n) is 4.53. The summed E-state index contributed by atoms with van der Waals surface area (Å²) in [6.07, 6.45) is 2.01. The van der Waals surface area contributed by atoms with Gasteiger partial charge in [-0.1, -0.05) is 12.1 Å². The number of amides is 1. The first-order chi connectivity index (χ1) is 19.4. The van der Waals surface area contributed by atoms with E-state index in [-0.39, 0.29) is 32.1 Å². The summed E-state index contributed by atoms with van der Waals surface area (Å²) < 4.78 is 40.3. The van der Waals surface area contributed by atoms with E-state index in [2.05, 4.69) is 15.3 Å². The third kappa shape index (κ3) is 7.56. The van der Waals surface area contributed by atoms with Gasteiger partial charge in [0.25, 0.3) is 5.92 Å². The number of ether oxygens (including phenoxy) is 2. The fourth-order valence-corrected chi connectivity index (χ4v) is 4.53. The van der Waals surface area contributed by atoms with E-state index in [1.54, 1.807) is 51.9 Å². The first kappa shape index (κ1) is 29.9. The van der Waals surface area contributed by atoms with Crippen molar-refractivity contribution in [1.29, 1.82) is 0 Å². The first-order valence-corrected chi connectivity index (χ1v) is 13.5. The molecule has 0 radical (unpaired) electrons. The van der Waals surface area contributed by atoms with E-state index in [1.165, 1.54) is 11.1 Å². The molecule has 10 nitrogen and oxygen atoms in total. The van der Waals surface area contributed by atoms with Crippen molar-refractivity contribution in [2.45, 2.75) is 45.6 Å². The van der Waals surface area contributed by atoms with Gasteiger partial charge in [-0.2, -0.15) is 0 Å². The lowest BCUT2D eigenvalue weighted by molar-refractivity contribution is -0.141. The summed E-state index contributed by atoms with van der Waals surface area (Å²) in [7, 11) is 1.79. The number of fused-ring (bicyclic) bond motifs is 1. The minimum absolute atomic E-state index is 0.0779. The SMILES string of the molecule is CCOC(=O)CN(C)c1ccc(-c2cc3nccnc3c(NCC3CN(C(=O)OC(C)(C)C)CCC3(F)F)n2)cc1. The van der Waals surface area contributed by atoms with Crippen LogP contribution in [-0.2, 0) is 14.3 Å². The number of likely N-dealkylation sites (tertiary alicyclic amines) is 1. The maximum atomic E-state index is 14.9. The van der Waals surface area contributed by atoms with Gasteiger partial charge in [0.2, 0.25) is 0 Å². The van der Waals surface area contributed by atoms with Crippen LogP contribution in [0, 0.1) is 5.92 Å². The second-order valence-corrected chi connectivity index (χ2v) is 11.0. The van der Waals surface area contributed by atoms with Crippen molar-refractivity contribution < 1.29 is 27.8 Å². The number of pyridine rings is 1. The zero-order chi connectivity index (χ0) is 29.8. The van der Waals surface area contributed by atoms with Crippen LogP contribution in [0.3, 0.4) is 0 Å². The number of carbonyl (C=O) groups is 2. The van der Waals surface area contributed by atoms with Gasteiger partial charge in [-0.15, -0.1) is 0 Å². The van der Waals surface area contributed by atoms with E-state index in [0.29, 0.717) is 29.2 Å². The minimum Gasteiger partial charge on any atom is -0.465 e. The molecule has 3 aromatic rings. The van der Waals surface area contributed by atoms with Gasteiger partial charge in [-0.05, 0) is 45.9 Å². The Balaban J connectivity index is 1.54. The molecule has 1 amide bonds. The van der Waals surface area contributed by atoms with Crippen molar-refractivity contribution in [3.05, 3.63) is 42.7 Å². The first-order valence-electron chi connectivity index (χ1n) is 13.5. The highest BCUT2D eigenvalue weighted by Gasteiger charge is 2.45. The number of nitrogens with zero attached hydrogens (tertiary/aromatic N) is 5. The molecule has 0 bridgehead atoms. The van der Waals surface area contributed by atoms with E-state index in [9.17, 15) is 18.4 Å². The van der Waals surface area contributed by atoms with Crippen LogP contribution in [0.15, 0.2) is 42.7 Å². The Morgan fingerprint density at radius 1 is 1.17 bits per heavy atom. The number of aromatic nitrogens is 3. The fraction of sp³-hybridized carbons (Fsp3) is 0.483. The quantitative estimate of drug-likeness (QED) is 0.374. The molecule has 1 saturated heterocycles. The lowest BCUT2D eigenvalue weighted by Gasteiger charge is -2.38. The van der Waals surface area contributed by atoms with Gasteiger partial charge in [0, 0.05) is 56.7 Å². The van der Waals surface area contributed by atoms with Gasteiger partial charge in [-0.3, -0.25) is 9.78 Å². The van der Waals surface area contributed by atoms with Crippen molar-refractivity contribution in [2.24, 2.45) is 5.92 Å². The summed E-state index contributed by atoms with van der Waals surface area (Å²) in [6.45, 7) is 7.04. The average molecular weight is 571 g/mol. The smallest absolute Gasteiger partial charge is 0.410 e. The standard InChI is InChI=1S/C29H36F2N6O4/c1-6-40-24(38)18-36(5)21-9-7-19(8-10-21)22-15-23-25(33-13-12-32-23)26(35-22)34-16-20-17-37(14-11-29(20,30)31)27(39)41-28(2,3)4/h7-10,12-13,15,20H,6,11,14,16-18H2,1-5H3,(H,34,35). The molecule has 1 atom stereocenters. The van der Waals surface area contributed by atoms with Crippen molar-refractivity contribution in [3.63, 3.8) is 0 Å². The number of hydrogen-bond donors (Lipinski definition) is 1. The molecule has 3 heterocycles. The maximum absolute atomic E-state index is 14.9. The number of carbonyl (C=O) groups excluding carboxylic acids is 2. The van der Waals surface area contributed by atoms with Crippen LogP contribution < -0.4 is 10.2 Å². The molecule has 12 heteroatoms. The number of nitrogens with one attached hydrogen (secondary N) is 1. The van der Waals surface area contributed by atoms with Crippen LogP contribution in [0.5, 0.6) is 0 Å². The predicted octanol–water partition coefficient (Wildman–Crippen LogP) is 5.00. The van der Waals surface area contributed by atoms with Crippen LogP contribution >= 0.6 is 0 Å². The molecular formula is C29H36F2N6O4. The number of likely N-dealkylation sites (N-methyl/N-ethyl adjacent to an activating group) is 1. The molecule has 0 spiro atoms. The summed E-state index contributed by atoms with van der Waals surface area (Å²) >= 11 is 0. The highest BCUT2D eigenvalue weighted by Crippen LogP contribution is 2.35. The normalized spacial score (nSPS) is 16.8. The summed E-state index contributed by atoms with van der Waals surface area (Å²) in [6, 6.07) is 9.22. The number of rotatable bonds is 8. The molecule has 1 N–H and O–H groups in total. The van der Waals surface area contributed by atoms with Crippen LogP contribution in [0.25, 0.3) is 22.3 Å². The molecule has 220 valence electrons. The second-order valence-electron chi connectivity index (χ2n) is 11.0. The third-order valence-electron chi connectivity index (χ3n) is 6.65. The van der Waals surface area contributed by atoms with Crippen molar-refractivity contribution in [1.82, 2.24) is 19.9 Å². The number of alkyl halides is 2. The highest BCUT2D eigenvalue weighted by atomic mass is 19.3. The summed E-state index contributed by atoms with van der Waals surface area (Å²) in [5, 5.41) is 3.06. The molecule has 41 heavy (non-hydrogen) atoms. The molecule has 2 aromatic heterocycles. The number of anilines is 2. The Morgan fingerprint density at radius 3 is 2.56 bits per heavy atom. The highest BCUT2D eigenvalue weighted by molar-refractivity contribution is 5.88. The van der Waals surface area contributed by atoms with Gasteiger partial charge in [0.05, 0.1) is 23.7 Å². The van der Waals surface area contributed by atoms with Gasteiger partial charge in [0.15, 0.2) is 5.82 Å². The van der Waals surface area contributed by atoms with Crippen molar-refractivity contribution in [2.75, 3.05) is 50.1 Å². The molecule has 1 aliphatic rings. The van der Waals surface area contributed by atoms with Crippen molar-refractivity contribution >= 4 is 34.6 Å². The van der Waals surface area contributed by atoms with Crippen LogP contribution in [0.4, 0.5) is 25.1 Å². The lowest BCUT2D eigenvalue weighted by atomic mass is 9.93. The number of piperidine rings is 1. The van der Waals surface area contributed by atoms with E-state index < -0.39 is 30.0 Å². The minimum atomic E-state index is -2.98. The Morgan fingerprint density at radius 2 is 1.88 bits per heavy atom. The lowest BCUT2D eigenvalue weighted by Crippen LogP contribution is -2.52. The van der Waals surface area contributed by atoms with E-state index in [4.69, 9.17) is 14.5 Å². The summed E-state index contributed by atoms with van der Waals surface area (Å²) in [5.41, 5.74) is 2.44. The van der Waals surface area contributed by atoms with Gasteiger partial charge in [0.1, 0.15) is 17.7 Å². The zero-order valence-electron chi connectivity index (χ0n) is 24.0. The maximum Gasteiger partial charge on any atom is 0.410 e. The van der Waals surface area contributed by atoms with Crippen LogP contribution in [0.2, 0.25) is 0 Å². The summed E-state index contributed by atoms with van der Waals surface area (Å²) in [4.78, 5) is 41.0. The molecule has 1 fully saturated rings. The van der Waals surface area contributed by atoms with E-state index in [0.717, 1.165) is 11.3 Å². The van der Waals surface area contributed by atoms with E-state index >= 15 is 0 Å². The number of halogens is 2. The third-order valence-corrected chi connectivity index (χ3v) is 6.65. The topological polar surface area (TPSA) is 110 Å². The molecular weight excluding hydrogens is 534 g/mol. The monoisotopic (exact) mass is 570 g/mol. The summed E-state index contributed by atoms with van der Waals surface area (Å²) in [5.74, 6) is -4.13. The Bertz CT molecular complexity index is 1380. The van der Waals surface area contributed by atoms with Crippen LogP contribution in [0.1, 0.15) is 34.1 Å². The molecule has 4 rings (SSSR count). The molecule has 1 aliphatic heterocycles. The zero-order valence-corrected chi connectivity index (χ0v) is 24.0. The Kier molecular flexibility index (Phi) is 8.89. The molecule has 0 aliphatic carbocycles.